The van der Waals surface area contributed by atoms with Crippen molar-refractivity contribution in [3.63, 3.8) is 0 Å². The number of nitrogens with one attached hydrogen (secondary N) is 1. The number of fused-ring (bicyclic) bond motifs is 1. The fourth-order valence-electron chi connectivity index (χ4n) is 3.22. The van der Waals surface area contributed by atoms with Crippen LogP contribution in [0.1, 0.15) is 41.4 Å². The maximum Gasteiger partial charge on any atom is 0.292 e. The Morgan fingerprint density at radius 3 is 2.67 bits per heavy atom. The maximum atomic E-state index is 12.8. The highest BCUT2D eigenvalue weighted by atomic mass is 16.6. The van der Waals surface area contributed by atoms with E-state index < -0.39 is 5.91 Å². The van der Waals surface area contributed by atoms with Gasteiger partial charge in [0.05, 0.1) is 6.61 Å². The summed E-state index contributed by atoms with van der Waals surface area (Å²) in [5, 5.41) is 11.5. The molecule has 0 saturated carbocycles. The third kappa shape index (κ3) is 3.91. The molecule has 2 aromatic carbocycles. The molecule has 0 saturated heterocycles. The number of hydrogen-bond donors (Lipinski definition) is 1. The van der Waals surface area contributed by atoms with E-state index in [1.165, 1.54) is 0 Å². The van der Waals surface area contributed by atoms with E-state index in [4.69, 9.17) is 13.8 Å². The van der Waals surface area contributed by atoms with Crippen molar-refractivity contribution in [2.24, 2.45) is 0 Å². The minimum Gasteiger partial charge on any atom is -0.494 e. The molecule has 0 aliphatic carbocycles. The number of carbonyl (C=O) groups excluding carboxylic acids is 1. The first-order valence-electron chi connectivity index (χ1n) is 9.93. The largest absolute Gasteiger partial charge is 0.494 e. The number of anilines is 1. The number of rotatable bonds is 7. The Hall–Kier alpha value is -3.61. The van der Waals surface area contributed by atoms with Gasteiger partial charge in [0, 0.05) is 16.5 Å². The molecule has 0 aliphatic heterocycles. The fourth-order valence-corrected chi connectivity index (χ4v) is 3.22. The first kappa shape index (κ1) is 19.7. The van der Waals surface area contributed by atoms with Crippen molar-refractivity contribution >= 4 is 22.7 Å². The molecule has 154 valence electrons. The zero-order chi connectivity index (χ0) is 21.1. The first-order valence-corrected chi connectivity index (χ1v) is 9.93. The summed E-state index contributed by atoms with van der Waals surface area (Å²) in [5.74, 6) is 0.847. The van der Waals surface area contributed by atoms with Gasteiger partial charge in [-0.15, -0.1) is 0 Å². The van der Waals surface area contributed by atoms with E-state index >= 15 is 0 Å². The molecule has 0 bridgehead atoms. The summed E-state index contributed by atoms with van der Waals surface area (Å²) in [5.41, 5.74) is 3.74. The number of unbranched alkanes of at least 4 members (excludes halogenated alkanes) is 1. The molecule has 1 N–H and O–H groups in total. The number of hydrogen-bond acceptors (Lipinski definition) is 6. The topological polar surface area (TPSA) is 90.4 Å². The van der Waals surface area contributed by atoms with E-state index in [0.29, 0.717) is 17.9 Å². The predicted molar refractivity (Wildman–Crippen MR) is 114 cm³/mol. The average Bonchev–Trinajstić information content (AvgIpc) is 3.33. The summed E-state index contributed by atoms with van der Waals surface area (Å²) < 4.78 is 16.3. The van der Waals surface area contributed by atoms with Gasteiger partial charge < -0.3 is 9.15 Å². The van der Waals surface area contributed by atoms with Crippen LogP contribution >= 0.6 is 0 Å². The van der Waals surface area contributed by atoms with Crippen LogP contribution in [0.15, 0.2) is 51.5 Å². The molecular formula is C23H23N3O4. The molecule has 7 nitrogen and oxygen atoms in total. The molecule has 0 atom stereocenters. The number of benzene rings is 2. The SMILES string of the molecule is CCCCOc1ccc(-c2nonc2NC(=O)c2oc3ccc(C)cc3c2C)cc1. The molecule has 4 aromatic rings. The second-order valence-electron chi connectivity index (χ2n) is 7.20. The second kappa shape index (κ2) is 8.41. The number of ether oxygens (including phenoxy) is 1. The molecule has 1 amide bonds. The van der Waals surface area contributed by atoms with Crippen LogP contribution in [0.25, 0.3) is 22.2 Å². The number of nitrogens with zero attached hydrogens (tertiary/aromatic N) is 2. The van der Waals surface area contributed by atoms with Gasteiger partial charge in [0.15, 0.2) is 11.5 Å². The lowest BCUT2D eigenvalue weighted by Gasteiger charge is -2.06. The van der Waals surface area contributed by atoms with Crippen molar-refractivity contribution < 1.29 is 18.6 Å². The van der Waals surface area contributed by atoms with Gasteiger partial charge in [0.25, 0.3) is 5.91 Å². The van der Waals surface area contributed by atoms with Crippen LogP contribution in [0.5, 0.6) is 5.75 Å². The van der Waals surface area contributed by atoms with Crippen molar-refractivity contribution in [3.05, 3.63) is 59.4 Å². The van der Waals surface area contributed by atoms with Crippen LogP contribution < -0.4 is 10.1 Å². The quantitative estimate of drug-likeness (QED) is 0.407. The first-order chi connectivity index (χ1) is 14.6. The summed E-state index contributed by atoms with van der Waals surface area (Å²) in [7, 11) is 0. The molecule has 0 aliphatic rings. The number of aromatic nitrogens is 2. The fraction of sp³-hybridized carbons (Fsp3) is 0.261. The van der Waals surface area contributed by atoms with Crippen molar-refractivity contribution in [3.8, 4) is 17.0 Å². The summed E-state index contributed by atoms with van der Waals surface area (Å²) in [6.45, 7) is 6.66. The predicted octanol–water partition coefficient (Wildman–Crippen LogP) is 5.53. The van der Waals surface area contributed by atoms with E-state index in [0.717, 1.165) is 40.7 Å². The van der Waals surface area contributed by atoms with Gasteiger partial charge in [0.1, 0.15) is 11.3 Å². The Morgan fingerprint density at radius 2 is 1.90 bits per heavy atom. The molecule has 2 aromatic heterocycles. The van der Waals surface area contributed by atoms with Gasteiger partial charge in [0.2, 0.25) is 5.82 Å². The molecule has 7 heteroatoms. The summed E-state index contributed by atoms with van der Waals surface area (Å²) in [6.07, 6.45) is 2.09. The van der Waals surface area contributed by atoms with Crippen LogP contribution in [-0.2, 0) is 0 Å². The lowest BCUT2D eigenvalue weighted by atomic mass is 10.1. The molecule has 0 radical (unpaired) electrons. The van der Waals surface area contributed by atoms with Crippen LogP contribution in [0.2, 0.25) is 0 Å². The Bertz CT molecular complexity index is 1180. The number of carbonyl (C=O) groups is 1. The number of aryl methyl sites for hydroxylation is 2. The molecular weight excluding hydrogens is 382 g/mol. The van der Waals surface area contributed by atoms with E-state index in [1.54, 1.807) is 0 Å². The van der Waals surface area contributed by atoms with Crippen molar-refractivity contribution in [2.45, 2.75) is 33.6 Å². The average molecular weight is 405 g/mol. The zero-order valence-electron chi connectivity index (χ0n) is 17.2. The van der Waals surface area contributed by atoms with E-state index in [-0.39, 0.29) is 11.6 Å². The minimum atomic E-state index is -0.405. The Labute approximate surface area is 174 Å². The smallest absolute Gasteiger partial charge is 0.292 e. The van der Waals surface area contributed by atoms with Gasteiger partial charge in [-0.2, -0.15) is 0 Å². The highest BCUT2D eigenvalue weighted by Gasteiger charge is 2.21. The molecule has 4 rings (SSSR count). The molecule has 0 spiro atoms. The molecule has 2 heterocycles. The van der Waals surface area contributed by atoms with E-state index in [2.05, 4.69) is 22.6 Å². The van der Waals surface area contributed by atoms with Crippen LogP contribution in [0.3, 0.4) is 0 Å². The van der Waals surface area contributed by atoms with Crippen molar-refractivity contribution in [2.75, 3.05) is 11.9 Å². The number of amides is 1. The summed E-state index contributed by atoms with van der Waals surface area (Å²) >= 11 is 0. The van der Waals surface area contributed by atoms with Gasteiger partial charge in [-0.1, -0.05) is 25.0 Å². The lowest BCUT2D eigenvalue weighted by Crippen LogP contribution is -2.13. The molecule has 0 unspecified atom stereocenters. The van der Waals surface area contributed by atoms with Gasteiger partial charge in [-0.3, -0.25) is 10.1 Å². The zero-order valence-corrected chi connectivity index (χ0v) is 17.2. The maximum absolute atomic E-state index is 12.8. The van der Waals surface area contributed by atoms with E-state index in [1.807, 2.05) is 56.3 Å². The van der Waals surface area contributed by atoms with E-state index in [9.17, 15) is 4.79 Å². The standard InChI is InChI=1S/C23H23N3O4/c1-4-5-12-28-17-9-7-16(8-10-17)20-22(26-30-25-20)24-23(27)21-15(3)18-13-14(2)6-11-19(18)29-21/h6-11,13H,4-5,12H2,1-3H3,(H,24,26,27). The van der Waals surface area contributed by atoms with Crippen molar-refractivity contribution in [1.82, 2.24) is 10.3 Å². The third-order valence-corrected chi connectivity index (χ3v) is 4.91. The third-order valence-electron chi connectivity index (χ3n) is 4.91. The van der Waals surface area contributed by atoms with Crippen LogP contribution in [-0.4, -0.2) is 22.8 Å². The van der Waals surface area contributed by atoms with Crippen LogP contribution in [0, 0.1) is 13.8 Å². The Morgan fingerprint density at radius 1 is 1.10 bits per heavy atom. The number of furan rings is 1. The summed E-state index contributed by atoms with van der Waals surface area (Å²) in [4.78, 5) is 12.8. The molecule has 30 heavy (non-hydrogen) atoms. The Kier molecular flexibility index (Phi) is 5.52. The second-order valence-corrected chi connectivity index (χ2v) is 7.20. The highest BCUT2D eigenvalue weighted by Crippen LogP contribution is 2.29. The van der Waals surface area contributed by atoms with Gasteiger partial charge in [-0.05, 0) is 67.0 Å². The Balaban J connectivity index is 1.54. The normalized spacial score (nSPS) is 11.0. The lowest BCUT2D eigenvalue weighted by molar-refractivity contribution is 0.0997. The van der Waals surface area contributed by atoms with Gasteiger partial charge >= 0.3 is 0 Å². The van der Waals surface area contributed by atoms with Gasteiger partial charge in [-0.25, -0.2) is 4.63 Å². The highest BCUT2D eigenvalue weighted by molar-refractivity contribution is 6.07. The summed E-state index contributed by atoms with van der Waals surface area (Å²) in [6, 6.07) is 13.2. The monoisotopic (exact) mass is 405 g/mol. The van der Waals surface area contributed by atoms with Crippen LogP contribution in [0.4, 0.5) is 5.82 Å². The van der Waals surface area contributed by atoms with Crippen molar-refractivity contribution in [1.29, 1.82) is 0 Å². The minimum absolute atomic E-state index is 0.232. The molecule has 0 fully saturated rings.